The number of alkyl halides is 2. The monoisotopic (exact) mass is 547 g/mol. The van der Waals surface area contributed by atoms with E-state index >= 15 is 0 Å². The van der Waals surface area contributed by atoms with Gasteiger partial charge in [-0.25, -0.2) is 4.99 Å². The van der Waals surface area contributed by atoms with E-state index in [1.54, 1.807) is 29.7 Å². The average molecular weight is 548 g/mol. The summed E-state index contributed by atoms with van der Waals surface area (Å²) in [6, 6.07) is 20.2. The van der Waals surface area contributed by atoms with E-state index in [1.165, 1.54) is 23.5 Å². The molecule has 6 rings (SSSR count). The number of fused-ring (bicyclic) bond motifs is 6. The molecule has 3 atom stereocenters. The van der Waals surface area contributed by atoms with Crippen LogP contribution in [0.4, 0.5) is 14.5 Å². The van der Waals surface area contributed by atoms with Crippen molar-refractivity contribution in [3.05, 3.63) is 109 Å². The smallest absolute Gasteiger partial charge is 0.387 e. The molecular weight excluding hydrogens is 524 g/mol. The first-order chi connectivity index (χ1) is 18.7. The number of aromatic nitrogens is 1. The van der Waals surface area contributed by atoms with Gasteiger partial charge in [-0.05, 0) is 55.3 Å². The largest absolute Gasteiger partial charge is 0.465 e. The maximum Gasteiger partial charge on any atom is 0.387 e. The maximum atomic E-state index is 13.8. The lowest BCUT2D eigenvalue weighted by Crippen LogP contribution is -2.59. The molecule has 3 heterocycles. The Hall–Kier alpha value is -4.31. The Bertz CT molecular complexity index is 1770. The highest BCUT2D eigenvalue weighted by Gasteiger charge is 2.55. The standard InChI is InChI=1S/C29H23F2N3O4S/c1-16-7-3-5-9-20(16)32-25(35)23-24-19-8-4-6-10-21(19)38-29(23,2)33-28-34(24)26(36)22(39-28)15-17-11-13-18(14-12-17)37-27(30)31/h3-15,23-24,27H,1-2H3,(H,32,35)/b22-15+/t23-,24-,29-/m1/s1. The summed E-state index contributed by atoms with van der Waals surface area (Å²) in [5.74, 6) is -0.542. The van der Waals surface area contributed by atoms with Gasteiger partial charge in [0.1, 0.15) is 17.4 Å². The second kappa shape index (κ2) is 9.46. The summed E-state index contributed by atoms with van der Waals surface area (Å²) in [5.41, 5.74) is 1.38. The molecule has 1 amide bonds. The fourth-order valence-corrected chi connectivity index (χ4v) is 6.26. The molecule has 39 heavy (non-hydrogen) atoms. The zero-order chi connectivity index (χ0) is 27.3. The number of benzene rings is 3. The van der Waals surface area contributed by atoms with Crippen molar-refractivity contribution in [3.63, 3.8) is 0 Å². The van der Waals surface area contributed by atoms with Crippen molar-refractivity contribution in [3.8, 4) is 11.5 Å². The van der Waals surface area contributed by atoms with E-state index < -0.39 is 24.3 Å². The SMILES string of the molecule is Cc1ccccc1NC(=O)[C@H]1[C@H]2c3ccccc3O[C@@]1(C)N=c1s/c(=C/c3ccc(OC(F)F)cc3)c(=O)n12. The summed E-state index contributed by atoms with van der Waals surface area (Å²) >= 11 is 1.19. The van der Waals surface area contributed by atoms with Crippen LogP contribution in [0.5, 0.6) is 11.5 Å². The van der Waals surface area contributed by atoms with Crippen LogP contribution in [0.15, 0.2) is 82.6 Å². The minimum absolute atomic E-state index is 0.0253. The van der Waals surface area contributed by atoms with E-state index in [-0.39, 0.29) is 17.2 Å². The van der Waals surface area contributed by atoms with Gasteiger partial charge in [-0.3, -0.25) is 14.2 Å². The van der Waals surface area contributed by atoms with Gasteiger partial charge in [0.05, 0.1) is 10.6 Å². The molecule has 3 aromatic carbocycles. The van der Waals surface area contributed by atoms with Crippen LogP contribution in [0.1, 0.15) is 29.7 Å². The molecule has 0 fully saturated rings. The van der Waals surface area contributed by atoms with Gasteiger partial charge in [0.2, 0.25) is 11.6 Å². The minimum Gasteiger partial charge on any atom is -0.465 e. The molecule has 10 heteroatoms. The van der Waals surface area contributed by atoms with Crippen LogP contribution in [0.3, 0.4) is 0 Å². The third kappa shape index (κ3) is 4.40. The number of hydrogen-bond acceptors (Lipinski definition) is 6. The molecule has 4 aromatic rings. The van der Waals surface area contributed by atoms with Gasteiger partial charge in [-0.15, -0.1) is 0 Å². The lowest BCUT2D eigenvalue weighted by atomic mass is 9.80. The van der Waals surface area contributed by atoms with Crippen LogP contribution in [0.2, 0.25) is 0 Å². The average Bonchev–Trinajstić information content (AvgIpc) is 3.18. The molecule has 0 unspecified atom stereocenters. The number of amides is 1. The molecule has 1 aromatic heterocycles. The van der Waals surface area contributed by atoms with Crippen molar-refractivity contribution in [1.82, 2.24) is 4.57 Å². The van der Waals surface area contributed by atoms with Gasteiger partial charge in [0.25, 0.3) is 5.56 Å². The summed E-state index contributed by atoms with van der Waals surface area (Å²) in [6.07, 6.45) is 1.67. The van der Waals surface area contributed by atoms with Crippen LogP contribution >= 0.6 is 11.3 Å². The number of thiazole rings is 1. The van der Waals surface area contributed by atoms with Crippen molar-refractivity contribution in [2.45, 2.75) is 32.2 Å². The van der Waals surface area contributed by atoms with Crippen molar-refractivity contribution >= 4 is 29.0 Å². The Morgan fingerprint density at radius 2 is 1.85 bits per heavy atom. The third-order valence-electron chi connectivity index (χ3n) is 6.97. The van der Waals surface area contributed by atoms with Crippen molar-refractivity contribution in [1.29, 1.82) is 0 Å². The van der Waals surface area contributed by atoms with Gasteiger partial charge >= 0.3 is 6.61 Å². The molecule has 2 bridgehead atoms. The number of nitrogens with one attached hydrogen (secondary N) is 1. The fraction of sp³-hybridized carbons (Fsp3) is 0.207. The Labute approximate surface area is 225 Å². The number of nitrogens with zero attached hydrogens (tertiary/aromatic N) is 2. The van der Waals surface area contributed by atoms with Crippen LogP contribution in [0.25, 0.3) is 6.08 Å². The number of anilines is 1. The summed E-state index contributed by atoms with van der Waals surface area (Å²) in [6.45, 7) is 0.749. The molecule has 7 nitrogen and oxygen atoms in total. The maximum absolute atomic E-state index is 13.8. The molecule has 2 aliphatic rings. The Morgan fingerprint density at radius 3 is 2.59 bits per heavy atom. The molecule has 0 saturated heterocycles. The second-order valence-corrected chi connectivity index (χ2v) is 10.6. The Kier molecular flexibility index (Phi) is 6.06. The number of aryl methyl sites for hydroxylation is 1. The molecule has 2 aliphatic heterocycles. The molecule has 0 radical (unpaired) electrons. The van der Waals surface area contributed by atoms with E-state index in [0.29, 0.717) is 26.3 Å². The van der Waals surface area contributed by atoms with Gasteiger partial charge < -0.3 is 14.8 Å². The number of carbonyl (C=O) groups excluding carboxylic acids is 1. The number of rotatable bonds is 5. The summed E-state index contributed by atoms with van der Waals surface area (Å²) in [4.78, 5) is 32.9. The fourth-order valence-electron chi connectivity index (χ4n) is 5.16. The molecule has 0 spiro atoms. The minimum atomic E-state index is -2.92. The van der Waals surface area contributed by atoms with E-state index in [0.717, 1.165) is 11.1 Å². The van der Waals surface area contributed by atoms with Gasteiger partial charge in [-0.2, -0.15) is 8.78 Å². The third-order valence-corrected chi connectivity index (χ3v) is 7.95. The zero-order valence-electron chi connectivity index (χ0n) is 20.9. The topological polar surface area (TPSA) is 81.9 Å². The van der Waals surface area contributed by atoms with E-state index in [1.807, 2.05) is 55.5 Å². The van der Waals surface area contributed by atoms with Crippen LogP contribution in [-0.2, 0) is 4.79 Å². The first-order valence-corrected chi connectivity index (χ1v) is 13.1. The van der Waals surface area contributed by atoms with Crippen LogP contribution in [-0.4, -0.2) is 22.8 Å². The van der Waals surface area contributed by atoms with Crippen LogP contribution < -0.4 is 29.7 Å². The number of hydrogen-bond donors (Lipinski definition) is 1. The lowest BCUT2D eigenvalue weighted by molar-refractivity contribution is -0.131. The normalized spacial score (nSPS) is 21.4. The highest BCUT2D eigenvalue weighted by Crippen LogP contribution is 2.47. The molecule has 198 valence electrons. The van der Waals surface area contributed by atoms with Crippen molar-refractivity contribution in [2.75, 3.05) is 5.32 Å². The van der Waals surface area contributed by atoms with Gasteiger partial charge in [0, 0.05) is 11.3 Å². The Morgan fingerprint density at radius 1 is 1.13 bits per heavy atom. The highest BCUT2D eigenvalue weighted by atomic mass is 32.1. The second-order valence-electron chi connectivity index (χ2n) is 9.55. The number of carbonyl (C=O) groups is 1. The number of para-hydroxylation sites is 2. The highest BCUT2D eigenvalue weighted by molar-refractivity contribution is 7.07. The molecule has 0 saturated carbocycles. The summed E-state index contributed by atoms with van der Waals surface area (Å²) in [5, 5.41) is 3.02. The predicted molar refractivity (Wildman–Crippen MR) is 143 cm³/mol. The summed E-state index contributed by atoms with van der Waals surface area (Å²) < 4.78 is 37.7. The first kappa shape index (κ1) is 25.0. The van der Waals surface area contributed by atoms with Gasteiger partial charge in [-0.1, -0.05) is 59.9 Å². The van der Waals surface area contributed by atoms with Crippen molar-refractivity contribution < 1.29 is 23.0 Å². The van der Waals surface area contributed by atoms with Crippen molar-refractivity contribution in [2.24, 2.45) is 10.9 Å². The molecular formula is C29H23F2N3O4S. The van der Waals surface area contributed by atoms with E-state index in [4.69, 9.17) is 9.73 Å². The molecule has 0 aliphatic carbocycles. The number of ether oxygens (including phenoxy) is 2. The van der Waals surface area contributed by atoms with Gasteiger partial charge in [0.15, 0.2) is 4.80 Å². The first-order valence-electron chi connectivity index (χ1n) is 12.3. The zero-order valence-corrected chi connectivity index (χ0v) is 21.7. The summed E-state index contributed by atoms with van der Waals surface area (Å²) in [7, 11) is 0. The lowest BCUT2D eigenvalue weighted by Gasteiger charge is -2.45. The van der Waals surface area contributed by atoms with Crippen LogP contribution in [0, 0.1) is 12.8 Å². The van der Waals surface area contributed by atoms with E-state index in [2.05, 4.69) is 10.1 Å². The quantitative estimate of drug-likeness (QED) is 0.406. The number of halogens is 2. The predicted octanol–water partition coefficient (Wildman–Crippen LogP) is 4.23. The Balaban J connectivity index is 1.47. The molecule has 1 N–H and O–H groups in total. The van der Waals surface area contributed by atoms with E-state index in [9.17, 15) is 18.4 Å².